The zero-order valence-corrected chi connectivity index (χ0v) is 9.36. The van der Waals surface area contributed by atoms with Gasteiger partial charge >= 0.3 is 0 Å². The Bertz CT molecular complexity index is 348. The van der Waals surface area contributed by atoms with Gasteiger partial charge in [-0.2, -0.15) is 0 Å². The molecule has 1 aliphatic carbocycles. The van der Waals surface area contributed by atoms with E-state index in [0.717, 1.165) is 30.2 Å². The standard InChI is InChI=1S/C11H16N2O2/c1-13(2)11-10(15-8-4-5-8)9(14-3)6-7-12-11/h6-8H,4-5H2,1-3H3. The Labute approximate surface area is 89.8 Å². The molecule has 82 valence electrons. The van der Waals surface area contributed by atoms with Crippen molar-refractivity contribution in [3.05, 3.63) is 12.3 Å². The van der Waals surface area contributed by atoms with E-state index >= 15 is 0 Å². The van der Waals surface area contributed by atoms with Crippen molar-refractivity contribution < 1.29 is 9.47 Å². The molecule has 4 heteroatoms. The summed E-state index contributed by atoms with van der Waals surface area (Å²) in [6.07, 6.45) is 4.34. The van der Waals surface area contributed by atoms with E-state index in [0.29, 0.717) is 6.10 Å². The second kappa shape index (κ2) is 3.96. The highest BCUT2D eigenvalue weighted by molar-refractivity contribution is 5.59. The van der Waals surface area contributed by atoms with Gasteiger partial charge in [0.15, 0.2) is 11.6 Å². The summed E-state index contributed by atoms with van der Waals surface area (Å²) in [7, 11) is 5.54. The first kappa shape index (κ1) is 10.1. The van der Waals surface area contributed by atoms with Crippen LogP contribution in [-0.4, -0.2) is 32.3 Å². The molecular formula is C11H16N2O2. The molecule has 0 saturated heterocycles. The SMILES string of the molecule is COc1ccnc(N(C)C)c1OC1CC1. The molecular weight excluding hydrogens is 192 g/mol. The third-order valence-electron chi connectivity index (χ3n) is 2.30. The average molecular weight is 208 g/mol. The van der Waals surface area contributed by atoms with E-state index in [-0.39, 0.29) is 0 Å². The smallest absolute Gasteiger partial charge is 0.204 e. The van der Waals surface area contributed by atoms with Gasteiger partial charge in [0, 0.05) is 26.4 Å². The summed E-state index contributed by atoms with van der Waals surface area (Å²) in [5.41, 5.74) is 0. The van der Waals surface area contributed by atoms with Crippen molar-refractivity contribution in [2.75, 3.05) is 26.1 Å². The summed E-state index contributed by atoms with van der Waals surface area (Å²) < 4.78 is 11.1. The first-order valence-electron chi connectivity index (χ1n) is 5.09. The van der Waals surface area contributed by atoms with Crippen LogP contribution in [0.15, 0.2) is 12.3 Å². The molecule has 0 amide bonds. The summed E-state index contributed by atoms with van der Waals surface area (Å²) in [5.74, 6) is 2.33. The molecule has 0 spiro atoms. The number of aromatic nitrogens is 1. The number of pyridine rings is 1. The van der Waals surface area contributed by atoms with Crippen molar-refractivity contribution in [2.45, 2.75) is 18.9 Å². The normalized spacial score (nSPS) is 14.9. The van der Waals surface area contributed by atoms with Crippen molar-refractivity contribution in [3.8, 4) is 11.5 Å². The van der Waals surface area contributed by atoms with Gasteiger partial charge in [-0.25, -0.2) is 4.98 Å². The predicted molar refractivity (Wildman–Crippen MR) is 58.8 cm³/mol. The minimum absolute atomic E-state index is 0.349. The lowest BCUT2D eigenvalue weighted by molar-refractivity contribution is 0.281. The predicted octanol–water partition coefficient (Wildman–Crippen LogP) is 1.70. The van der Waals surface area contributed by atoms with E-state index in [9.17, 15) is 0 Å². The summed E-state index contributed by atoms with van der Waals surface area (Å²) in [6, 6.07) is 1.82. The largest absolute Gasteiger partial charge is 0.493 e. The highest BCUT2D eigenvalue weighted by Crippen LogP contribution is 2.38. The van der Waals surface area contributed by atoms with E-state index in [1.54, 1.807) is 13.3 Å². The Morgan fingerprint density at radius 1 is 1.40 bits per heavy atom. The van der Waals surface area contributed by atoms with Crippen LogP contribution in [0.5, 0.6) is 11.5 Å². The molecule has 0 aliphatic heterocycles. The van der Waals surface area contributed by atoms with Crippen molar-refractivity contribution in [2.24, 2.45) is 0 Å². The highest BCUT2D eigenvalue weighted by Gasteiger charge is 2.27. The van der Waals surface area contributed by atoms with E-state index in [1.165, 1.54) is 0 Å². The van der Waals surface area contributed by atoms with Crippen molar-refractivity contribution in [1.82, 2.24) is 4.98 Å². The average Bonchev–Trinajstić information content (AvgIpc) is 3.01. The van der Waals surface area contributed by atoms with Gasteiger partial charge in [-0.15, -0.1) is 0 Å². The summed E-state index contributed by atoms with van der Waals surface area (Å²) in [5, 5.41) is 0. The Hall–Kier alpha value is -1.45. The molecule has 1 aromatic heterocycles. The van der Waals surface area contributed by atoms with Crippen LogP contribution in [0.4, 0.5) is 5.82 Å². The summed E-state index contributed by atoms with van der Waals surface area (Å²) >= 11 is 0. The number of hydrogen-bond acceptors (Lipinski definition) is 4. The van der Waals surface area contributed by atoms with Crippen LogP contribution < -0.4 is 14.4 Å². The molecule has 2 rings (SSSR count). The molecule has 1 heterocycles. The molecule has 0 bridgehead atoms. The van der Waals surface area contributed by atoms with Gasteiger partial charge < -0.3 is 14.4 Å². The lowest BCUT2D eigenvalue weighted by atomic mass is 10.3. The topological polar surface area (TPSA) is 34.6 Å². The zero-order chi connectivity index (χ0) is 10.8. The Morgan fingerprint density at radius 3 is 2.67 bits per heavy atom. The van der Waals surface area contributed by atoms with Gasteiger partial charge in [0.1, 0.15) is 0 Å². The van der Waals surface area contributed by atoms with E-state index in [4.69, 9.17) is 9.47 Å². The van der Waals surface area contributed by atoms with Crippen molar-refractivity contribution >= 4 is 5.82 Å². The van der Waals surface area contributed by atoms with Crippen LogP contribution in [0.25, 0.3) is 0 Å². The number of ether oxygens (including phenoxy) is 2. The summed E-state index contributed by atoms with van der Waals surface area (Å²) in [4.78, 5) is 6.22. The Balaban J connectivity index is 2.34. The maximum atomic E-state index is 5.81. The van der Waals surface area contributed by atoms with Crippen molar-refractivity contribution in [1.29, 1.82) is 0 Å². The Morgan fingerprint density at radius 2 is 2.13 bits per heavy atom. The van der Waals surface area contributed by atoms with Crippen LogP contribution in [0, 0.1) is 0 Å². The number of methoxy groups -OCH3 is 1. The molecule has 0 unspecified atom stereocenters. The van der Waals surface area contributed by atoms with Crippen LogP contribution in [0.2, 0.25) is 0 Å². The number of rotatable bonds is 4. The van der Waals surface area contributed by atoms with Crippen molar-refractivity contribution in [3.63, 3.8) is 0 Å². The van der Waals surface area contributed by atoms with Gasteiger partial charge in [0.2, 0.25) is 5.75 Å². The molecule has 0 radical (unpaired) electrons. The first-order chi connectivity index (χ1) is 7.22. The molecule has 15 heavy (non-hydrogen) atoms. The molecule has 1 saturated carbocycles. The van der Waals surface area contributed by atoms with Crippen LogP contribution in [-0.2, 0) is 0 Å². The fraction of sp³-hybridized carbons (Fsp3) is 0.545. The maximum absolute atomic E-state index is 5.81. The molecule has 1 aliphatic rings. The van der Waals surface area contributed by atoms with E-state index in [2.05, 4.69) is 4.98 Å². The highest BCUT2D eigenvalue weighted by atomic mass is 16.5. The fourth-order valence-electron chi connectivity index (χ4n) is 1.36. The van der Waals surface area contributed by atoms with Crippen LogP contribution in [0.3, 0.4) is 0 Å². The molecule has 1 fully saturated rings. The quantitative estimate of drug-likeness (QED) is 0.754. The maximum Gasteiger partial charge on any atom is 0.204 e. The van der Waals surface area contributed by atoms with Gasteiger partial charge in [-0.05, 0) is 12.8 Å². The van der Waals surface area contributed by atoms with Crippen LogP contribution >= 0.6 is 0 Å². The molecule has 0 N–H and O–H groups in total. The molecule has 4 nitrogen and oxygen atoms in total. The second-order valence-electron chi connectivity index (χ2n) is 3.88. The first-order valence-corrected chi connectivity index (χ1v) is 5.09. The Kier molecular flexibility index (Phi) is 2.66. The zero-order valence-electron chi connectivity index (χ0n) is 9.36. The monoisotopic (exact) mass is 208 g/mol. The third-order valence-corrected chi connectivity index (χ3v) is 2.30. The lowest BCUT2D eigenvalue weighted by Gasteiger charge is -2.18. The van der Waals surface area contributed by atoms with Crippen LogP contribution in [0.1, 0.15) is 12.8 Å². The van der Waals surface area contributed by atoms with Gasteiger partial charge in [0.25, 0.3) is 0 Å². The molecule has 1 aromatic rings. The number of hydrogen-bond donors (Lipinski definition) is 0. The minimum atomic E-state index is 0.349. The summed E-state index contributed by atoms with van der Waals surface area (Å²) in [6.45, 7) is 0. The number of nitrogens with zero attached hydrogens (tertiary/aromatic N) is 2. The van der Waals surface area contributed by atoms with E-state index in [1.807, 2.05) is 25.1 Å². The van der Waals surface area contributed by atoms with Gasteiger partial charge in [0.05, 0.1) is 13.2 Å². The minimum Gasteiger partial charge on any atom is -0.493 e. The van der Waals surface area contributed by atoms with Gasteiger partial charge in [-0.3, -0.25) is 0 Å². The fourth-order valence-corrected chi connectivity index (χ4v) is 1.36. The number of anilines is 1. The third kappa shape index (κ3) is 2.14. The van der Waals surface area contributed by atoms with E-state index < -0.39 is 0 Å². The van der Waals surface area contributed by atoms with Gasteiger partial charge in [-0.1, -0.05) is 0 Å². The second-order valence-corrected chi connectivity index (χ2v) is 3.88. The molecule has 0 atom stereocenters. The lowest BCUT2D eigenvalue weighted by Crippen LogP contribution is -2.13. The molecule has 0 aromatic carbocycles.